The molecule has 2 atom stereocenters. The third-order valence-corrected chi connectivity index (χ3v) is 3.45. The Kier molecular flexibility index (Phi) is 3.39. The second-order valence-electron chi connectivity index (χ2n) is 4.73. The Bertz CT molecular complexity index is 499. The molecule has 1 aromatic heterocycles. The van der Waals surface area contributed by atoms with Gasteiger partial charge in [-0.15, -0.1) is 0 Å². The zero-order valence-corrected chi connectivity index (χ0v) is 10.5. The van der Waals surface area contributed by atoms with Crippen LogP contribution < -0.4 is 0 Å². The third-order valence-electron chi connectivity index (χ3n) is 3.45. The molecule has 18 heavy (non-hydrogen) atoms. The first kappa shape index (κ1) is 12.7. The minimum absolute atomic E-state index is 0.124. The third kappa shape index (κ3) is 2.24. The number of furan rings is 1. The average molecular weight is 248 g/mol. The van der Waals surface area contributed by atoms with E-state index in [1.54, 1.807) is 18.7 Å². The molecule has 0 aromatic carbocycles. The summed E-state index contributed by atoms with van der Waals surface area (Å²) < 4.78 is 5.16. The highest BCUT2D eigenvalue weighted by Crippen LogP contribution is 2.23. The van der Waals surface area contributed by atoms with E-state index in [4.69, 9.17) is 9.68 Å². The van der Waals surface area contributed by atoms with Crippen molar-refractivity contribution < 1.29 is 14.3 Å². The predicted octanol–water partition coefficient (Wildman–Crippen LogP) is 1.30. The SMILES string of the molecule is Cc1oc(C#N)cc1C(=O)N1CCC(C(C)O)C1. The molecular formula is C13H16N2O3. The van der Waals surface area contributed by atoms with Crippen LogP contribution in [0.1, 0.15) is 35.2 Å². The van der Waals surface area contributed by atoms with E-state index in [1.807, 2.05) is 6.07 Å². The van der Waals surface area contributed by atoms with Gasteiger partial charge in [0, 0.05) is 25.1 Å². The van der Waals surface area contributed by atoms with E-state index in [0.29, 0.717) is 24.4 Å². The summed E-state index contributed by atoms with van der Waals surface area (Å²) in [5, 5.41) is 18.3. The molecule has 1 N–H and O–H groups in total. The van der Waals surface area contributed by atoms with Gasteiger partial charge >= 0.3 is 0 Å². The first-order valence-electron chi connectivity index (χ1n) is 6.00. The van der Waals surface area contributed by atoms with Gasteiger partial charge in [0.05, 0.1) is 11.7 Å². The summed E-state index contributed by atoms with van der Waals surface area (Å²) in [5.41, 5.74) is 0.442. The van der Waals surface area contributed by atoms with Crippen LogP contribution in [0.2, 0.25) is 0 Å². The summed E-state index contributed by atoms with van der Waals surface area (Å²) in [7, 11) is 0. The van der Waals surface area contributed by atoms with Crippen LogP contribution in [0.5, 0.6) is 0 Å². The summed E-state index contributed by atoms with van der Waals surface area (Å²) in [5.74, 6) is 0.636. The Balaban J connectivity index is 2.13. The predicted molar refractivity (Wildman–Crippen MR) is 63.9 cm³/mol. The highest BCUT2D eigenvalue weighted by Gasteiger charge is 2.31. The number of rotatable bonds is 2. The standard InChI is InChI=1S/C13H16N2O3/c1-8(16)10-3-4-15(7-10)13(17)12-5-11(6-14)18-9(12)2/h5,8,10,16H,3-4,7H2,1-2H3. The fourth-order valence-corrected chi connectivity index (χ4v) is 2.29. The molecular weight excluding hydrogens is 232 g/mol. The number of carbonyl (C=O) groups is 1. The number of nitriles is 1. The largest absolute Gasteiger partial charge is 0.450 e. The molecule has 0 spiro atoms. The molecule has 2 rings (SSSR count). The van der Waals surface area contributed by atoms with Crippen LogP contribution in [0.25, 0.3) is 0 Å². The molecule has 0 saturated carbocycles. The van der Waals surface area contributed by atoms with Crippen molar-refractivity contribution in [2.24, 2.45) is 5.92 Å². The molecule has 2 unspecified atom stereocenters. The average Bonchev–Trinajstić information content (AvgIpc) is 2.94. The first-order valence-corrected chi connectivity index (χ1v) is 6.00. The number of hydrogen-bond donors (Lipinski definition) is 1. The molecule has 1 saturated heterocycles. The normalized spacial score (nSPS) is 20.8. The van der Waals surface area contributed by atoms with Crippen LogP contribution in [0.3, 0.4) is 0 Å². The Hall–Kier alpha value is -1.80. The van der Waals surface area contributed by atoms with Crippen LogP contribution in [0.15, 0.2) is 10.5 Å². The Morgan fingerprint density at radius 1 is 1.72 bits per heavy atom. The van der Waals surface area contributed by atoms with Gasteiger partial charge in [-0.25, -0.2) is 0 Å². The highest BCUT2D eigenvalue weighted by molar-refractivity contribution is 5.95. The summed E-state index contributed by atoms with van der Waals surface area (Å²) in [4.78, 5) is 13.9. The Labute approximate surface area is 106 Å². The van der Waals surface area contributed by atoms with Gasteiger partial charge < -0.3 is 14.4 Å². The number of likely N-dealkylation sites (tertiary alicyclic amines) is 1. The lowest BCUT2D eigenvalue weighted by Gasteiger charge is -2.17. The smallest absolute Gasteiger partial charge is 0.257 e. The maximum atomic E-state index is 12.2. The molecule has 5 nitrogen and oxygen atoms in total. The summed E-state index contributed by atoms with van der Waals surface area (Å²) >= 11 is 0. The van der Waals surface area contributed by atoms with E-state index >= 15 is 0 Å². The van der Waals surface area contributed by atoms with Crippen molar-refractivity contribution in [3.05, 3.63) is 23.2 Å². The van der Waals surface area contributed by atoms with Gasteiger partial charge in [0.15, 0.2) is 0 Å². The summed E-state index contributed by atoms with van der Waals surface area (Å²) in [6.07, 6.45) is 0.411. The Morgan fingerprint density at radius 3 is 2.94 bits per heavy atom. The summed E-state index contributed by atoms with van der Waals surface area (Å²) in [6, 6.07) is 3.36. The molecule has 1 aliphatic rings. The molecule has 0 bridgehead atoms. The van der Waals surface area contributed by atoms with Crippen LogP contribution >= 0.6 is 0 Å². The van der Waals surface area contributed by atoms with Gasteiger partial charge in [-0.1, -0.05) is 0 Å². The Morgan fingerprint density at radius 2 is 2.44 bits per heavy atom. The minimum atomic E-state index is -0.400. The lowest BCUT2D eigenvalue weighted by atomic mass is 10.0. The number of amides is 1. The monoisotopic (exact) mass is 248 g/mol. The van der Waals surface area contributed by atoms with Crippen LogP contribution in [0.4, 0.5) is 0 Å². The maximum absolute atomic E-state index is 12.2. The van der Waals surface area contributed by atoms with Crippen molar-refractivity contribution in [3.63, 3.8) is 0 Å². The van der Waals surface area contributed by atoms with E-state index in [9.17, 15) is 9.90 Å². The molecule has 1 amide bonds. The van der Waals surface area contributed by atoms with Gasteiger partial charge in [-0.2, -0.15) is 5.26 Å². The van der Waals surface area contributed by atoms with E-state index in [2.05, 4.69) is 0 Å². The number of aliphatic hydroxyl groups excluding tert-OH is 1. The van der Waals surface area contributed by atoms with Crippen molar-refractivity contribution in [1.82, 2.24) is 4.90 Å². The minimum Gasteiger partial charge on any atom is -0.450 e. The molecule has 1 aromatic rings. The van der Waals surface area contributed by atoms with Gasteiger partial charge in [-0.3, -0.25) is 4.79 Å². The molecule has 0 radical (unpaired) electrons. The zero-order chi connectivity index (χ0) is 13.3. The zero-order valence-electron chi connectivity index (χ0n) is 10.5. The molecule has 5 heteroatoms. The quantitative estimate of drug-likeness (QED) is 0.855. The van der Waals surface area contributed by atoms with Crippen molar-refractivity contribution in [1.29, 1.82) is 5.26 Å². The van der Waals surface area contributed by atoms with Crippen molar-refractivity contribution in [2.45, 2.75) is 26.4 Å². The topological polar surface area (TPSA) is 77.5 Å². The number of aliphatic hydroxyl groups is 1. The second kappa shape index (κ2) is 4.83. The van der Waals surface area contributed by atoms with Crippen LogP contribution in [0, 0.1) is 24.2 Å². The lowest BCUT2D eigenvalue weighted by Crippen LogP contribution is -2.30. The van der Waals surface area contributed by atoms with Crippen molar-refractivity contribution >= 4 is 5.91 Å². The fourth-order valence-electron chi connectivity index (χ4n) is 2.29. The van der Waals surface area contributed by atoms with E-state index in [1.165, 1.54) is 6.07 Å². The van der Waals surface area contributed by atoms with E-state index in [0.717, 1.165) is 6.42 Å². The number of hydrogen-bond acceptors (Lipinski definition) is 4. The first-order chi connectivity index (χ1) is 8.52. The molecule has 1 fully saturated rings. The van der Waals surface area contributed by atoms with E-state index < -0.39 is 6.10 Å². The number of nitrogens with zero attached hydrogens (tertiary/aromatic N) is 2. The fraction of sp³-hybridized carbons (Fsp3) is 0.538. The molecule has 2 heterocycles. The molecule has 96 valence electrons. The molecule has 0 aliphatic carbocycles. The van der Waals surface area contributed by atoms with Crippen molar-refractivity contribution in [2.75, 3.05) is 13.1 Å². The number of aryl methyl sites for hydroxylation is 1. The summed E-state index contributed by atoms with van der Waals surface area (Å²) in [6.45, 7) is 4.62. The highest BCUT2D eigenvalue weighted by atomic mass is 16.3. The van der Waals surface area contributed by atoms with Gasteiger partial charge in [0.1, 0.15) is 11.8 Å². The lowest BCUT2D eigenvalue weighted by molar-refractivity contribution is 0.0761. The van der Waals surface area contributed by atoms with Gasteiger partial charge in [0.25, 0.3) is 5.91 Å². The second-order valence-corrected chi connectivity index (χ2v) is 4.73. The van der Waals surface area contributed by atoms with Crippen LogP contribution in [-0.2, 0) is 0 Å². The van der Waals surface area contributed by atoms with Gasteiger partial charge in [-0.05, 0) is 20.3 Å². The maximum Gasteiger partial charge on any atom is 0.257 e. The van der Waals surface area contributed by atoms with Crippen LogP contribution in [-0.4, -0.2) is 35.1 Å². The van der Waals surface area contributed by atoms with Crippen molar-refractivity contribution in [3.8, 4) is 6.07 Å². The number of carbonyl (C=O) groups excluding carboxylic acids is 1. The molecule has 1 aliphatic heterocycles. The van der Waals surface area contributed by atoms with Gasteiger partial charge in [0.2, 0.25) is 5.76 Å². The van der Waals surface area contributed by atoms with E-state index in [-0.39, 0.29) is 17.6 Å².